The fourth-order valence-electron chi connectivity index (χ4n) is 2.80. The molecule has 0 radical (unpaired) electrons. The third kappa shape index (κ3) is 2.42. The molecule has 1 saturated heterocycles. The molecule has 18 heavy (non-hydrogen) atoms. The molecule has 2 aliphatic rings. The van der Waals surface area contributed by atoms with Crippen molar-refractivity contribution in [3.8, 4) is 0 Å². The van der Waals surface area contributed by atoms with Crippen LogP contribution >= 0.6 is 23.7 Å². The molecule has 1 aliphatic carbocycles. The summed E-state index contributed by atoms with van der Waals surface area (Å²) in [4.78, 5) is 16.7. The van der Waals surface area contributed by atoms with Gasteiger partial charge in [0, 0.05) is 18.0 Å². The van der Waals surface area contributed by atoms with E-state index in [4.69, 9.17) is 5.73 Å². The molecule has 1 aromatic rings. The van der Waals surface area contributed by atoms with E-state index in [1.54, 1.807) is 11.3 Å². The molecule has 0 bridgehead atoms. The number of halogens is 1. The second kappa shape index (κ2) is 5.59. The van der Waals surface area contributed by atoms with Gasteiger partial charge in [-0.1, -0.05) is 0 Å². The first kappa shape index (κ1) is 13.8. The summed E-state index contributed by atoms with van der Waals surface area (Å²) < 4.78 is 0. The molecule has 3 rings (SSSR count). The van der Waals surface area contributed by atoms with E-state index < -0.39 is 0 Å². The molecule has 1 amide bonds. The fraction of sp³-hybridized carbons (Fsp3) is 0.615. The Labute approximate surface area is 118 Å². The lowest BCUT2D eigenvalue weighted by Crippen LogP contribution is -2.29. The van der Waals surface area contributed by atoms with Crippen LogP contribution in [0.25, 0.3) is 0 Å². The molecule has 2 heterocycles. The number of hydrogen-bond donors (Lipinski definition) is 1. The van der Waals surface area contributed by atoms with Crippen molar-refractivity contribution < 1.29 is 4.79 Å². The number of fused-ring (bicyclic) bond motifs is 1. The number of likely N-dealkylation sites (tertiary alicyclic amines) is 1. The van der Waals surface area contributed by atoms with E-state index in [-0.39, 0.29) is 18.3 Å². The summed E-state index contributed by atoms with van der Waals surface area (Å²) in [7, 11) is 0. The monoisotopic (exact) mass is 286 g/mol. The number of thiophene rings is 1. The first-order valence-corrected chi connectivity index (χ1v) is 7.20. The fourth-order valence-corrected chi connectivity index (χ4v) is 4.02. The van der Waals surface area contributed by atoms with Gasteiger partial charge in [-0.2, -0.15) is 0 Å². The number of nitrogens with two attached hydrogens (primary N) is 1. The number of carbonyl (C=O) groups is 1. The van der Waals surface area contributed by atoms with Crippen LogP contribution in [-0.4, -0.2) is 30.4 Å². The zero-order chi connectivity index (χ0) is 11.8. The van der Waals surface area contributed by atoms with Gasteiger partial charge in [-0.05, 0) is 49.8 Å². The van der Waals surface area contributed by atoms with E-state index in [1.165, 1.54) is 23.3 Å². The second-order valence-electron chi connectivity index (χ2n) is 5.05. The zero-order valence-corrected chi connectivity index (χ0v) is 12.0. The van der Waals surface area contributed by atoms with Crippen LogP contribution in [0.2, 0.25) is 0 Å². The predicted molar refractivity (Wildman–Crippen MR) is 76.7 cm³/mol. The first-order chi connectivity index (χ1) is 8.28. The maximum Gasteiger partial charge on any atom is 0.263 e. The Morgan fingerprint density at radius 2 is 2.33 bits per heavy atom. The van der Waals surface area contributed by atoms with Crippen LogP contribution in [0.4, 0.5) is 0 Å². The molecular weight excluding hydrogens is 268 g/mol. The van der Waals surface area contributed by atoms with Gasteiger partial charge in [0.15, 0.2) is 0 Å². The third-order valence-electron chi connectivity index (χ3n) is 3.86. The van der Waals surface area contributed by atoms with Crippen LogP contribution in [0.3, 0.4) is 0 Å². The molecule has 2 N–H and O–H groups in total. The van der Waals surface area contributed by atoms with Gasteiger partial charge in [0.25, 0.3) is 5.91 Å². The Kier molecular flexibility index (Phi) is 4.30. The summed E-state index contributed by atoms with van der Waals surface area (Å²) in [5, 5.41) is 0. The number of carbonyl (C=O) groups excluding carboxylic acids is 1. The lowest BCUT2D eigenvalue weighted by atomic mass is 10.1. The topological polar surface area (TPSA) is 46.3 Å². The predicted octanol–water partition coefficient (Wildman–Crippen LogP) is 2.08. The van der Waals surface area contributed by atoms with E-state index in [0.29, 0.717) is 12.5 Å². The maximum absolute atomic E-state index is 12.3. The van der Waals surface area contributed by atoms with E-state index in [0.717, 1.165) is 30.8 Å². The maximum atomic E-state index is 12.3. The molecule has 0 saturated carbocycles. The molecule has 100 valence electrons. The minimum absolute atomic E-state index is 0. The van der Waals surface area contributed by atoms with Crippen LogP contribution in [0.5, 0.6) is 0 Å². The van der Waals surface area contributed by atoms with Gasteiger partial charge >= 0.3 is 0 Å². The number of hydrogen-bond acceptors (Lipinski definition) is 3. The normalized spacial score (nSPS) is 21.8. The summed E-state index contributed by atoms with van der Waals surface area (Å²) in [6.45, 7) is 2.42. The summed E-state index contributed by atoms with van der Waals surface area (Å²) in [5.74, 6) is 0.728. The molecule has 1 fully saturated rings. The average molecular weight is 287 g/mol. The van der Waals surface area contributed by atoms with Crippen molar-refractivity contribution in [3.63, 3.8) is 0 Å². The molecule has 5 heteroatoms. The number of nitrogens with zero attached hydrogens (tertiary/aromatic N) is 1. The summed E-state index contributed by atoms with van der Waals surface area (Å²) in [5.41, 5.74) is 7.07. The van der Waals surface area contributed by atoms with Gasteiger partial charge in [0.05, 0.1) is 4.88 Å². The van der Waals surface area contributed by atoms with E-state index >= 15 is 0 Å². The molecule has 3 nitrogen and oxygen atoms in total. The van der Waals surface area contributed by atoms with Crippen molar-refractivity contribution in [2.75, 3.05) is 19.6 Å². The Bertz CT molecular complexity index is 425. The highest BCUT2D eigenvalue weighted by Gasteiger charge is 2.28. The highest BCUT2D eigenvalue weighted by Crippen LogP contribution is 2.32. The zero-order valence-electron chi connectivity index (χ0n) is 10.4. The second-order valence-corrected chi connectivity index (χ2v) is 6.19. The standard InChI is InChI=1S/C13H18N2OS.ClH/c14-7-9-4-5-15(8-9)13(16)12-6-10-2-1-3-11(10)17-12;/h6,9H,1-5,7-8,14H2;1H. The molecule has 1 unspecified atom stereocenters. The van der Waals surface area contributed by atoms with E-state index in [1.807, 2.05) is 4.90 Å². The van der Waals surface area contributed by atoms with Crippen molar-refractivity contribution in [1.82, 2.24) is 4.90 Å². The average Bonchev–Trinajstić information content (AvgIpc) is 3.02. The van der Waals surface area contributed by atoms with Gasteiger partial charge in [-0.25, -0.2) is 0 Å². The van der Waals surface area contributed by atoms with Crippen LogP contribution in [0.1, 0.15) is 33.0 Å². The van der Waals surface area contributed by atoms with E-state index in [2.05, 4.69) is 6.07 Å². The molecule has 1 atom stereocenters. The van der Waals surface area contributed by atoms with Crippen molar-refractivity contribution >= 4 is 29.7 Å². The highest BCUT2D eigenvalue weighted by molar-refractivity contribution is 7.14. The lowest BCUT2D eigenvalue weighted by molar-refractivity contribution is 0.0792. The Balaban J connectivity index is 0.00000120. The summed E-state index contributed by atoms with van der Waals surface area (Å²) >= 11 is 1.70. The highest BCUT2D eigenvalue weighted by atomic mass is 35.5. The lowest BCUT2D eigenvalue weighted by Gasteiger charge is -2.14. The summed E-state index contributed by atoms with van der Waals surface area (Å²) in [6.07, 6.45) is 4.64. The quantitative estimate of drug-likeness (QED) is 0.905. The minimum atomic E-state index is 0. The van der Waals surface area contributed by atoms with E-state index in [9.17, 15) is 4.79 Å². The third-order valence-corrected chi connectivity index (χ3v) is 5.09. The van der Waals surface area contributed by atoms with Gasteiger partial charge < -0.3 is 10.6 Å². The largest absolute Gasteiger partial charge is 0.338 e. The minimum Gasteiger partial charge on any atom is -0.338 e. The van der Waals surface area contributed by atoms with Crippen LogP contribution in [0.15, 0.2) is 6.07 Å². The van der Waals surface area contributed by atoms with Crippen LogP contribution < -0.4 is 5.73 Å². The first-order valence-electron chi connectivity index (χ1n) is 6.39. The van der Waals surface area contributed by atoms with Gasteiger partial charge in [0.2, 0.25) is 0 Å². The Morgan fingerprint density at radius 1 is 1.50 bits per heavy atom. The number of amides is 1. The van der Waals surface area contributed by atoms with Crippen molar-refractivity contribution in [2.24, 2.45) is 11.7 Å². The number of rotatable bonds is 2. The molecule has 0 spiro atoms. The van der Waals surface area contributed by atoms with Crippen molar-refractivity contribution in [1.29, 1.82) is 0 Å². The van der Waals surface area contributed by atoms with Gasteiger partial charge in [0.1, 0.15) is 0 Å². The SMILES string of the molecule is Cl.NCC1CCN(C(=O)c2cc3c(s2)CCC3)C1. The summed E-state index contributed by atoms with van der Waals surface area (Å²) in [6, 6.07) is 2.12. The molecule has 1 aliphatic heterocycles. The van der Waals surface area contributed by atoms with Crippen molar-refractivity contribution in [2.45, 2.75) is 25.7 Å². The molecule has 0 aromatic carbocycles. The van der Waals surface area contributed by atoms with Gasteiger partial charge in [-0.15, -0.1) is 23.7 Å². The number of aryl methyl sites for hydroxylation is 2. The van der Waals surface area contributed by atoms with Crippen LogP contribution in [0, 0.1) is 5.92 Å². The Morgan fingerprint density at radius 3 is 3.00 bits per heavy atom. The molecular formula is C13H19ClN2OS. The Hall–Kier alpha value is -0.580. The van der Waals surface area contributed by atoms with Crippen LogP contribution in [-0.2, 0) is 12.8 Å². The molecule has 1 aromatic heterocycles. The van der Waals surface area contributed by atoms with Gasteiger partial charge in [-0.3, -0.25) is 4.79 Å². The smallest absolute Gasteiger partial charge is 0.263 e. The van der Waals surface area contributed by atoms with Crippen molar-refractivity contribution in [3.05, 3.63) is 21.4 Å².